The van der Waals surface area contributed by atoms with Crippen LogP contribution >= 0.6 is 15.9 Å². The van der Waals surface area contributed by atoms with Gasteiger partial charge in [0.15, 0.2) is 0 Å². The van der Waals surface area contributed by atoms with Crippen LogP contribution in [0.2, 0.25) is 0 Å². The van der Waals surface area contributed by atoms with Crippen LogP contribution in [0.1, 0.15) is 11.1 Å². The fraction of sp³-hybridized carbons (Fsp3) is 0.235. The lowest BCUT2D eigenvalue weighted by Gasteiger charge is -2.27. The number of nitrogens with zero attached hydrogens (tertiary/aromatic N) is 1. The second-order valence-corrected chi connectivity index (χ2v) is 6.39. The first-order valence-corrected chi connectivity index (χ1v) is 8.32. The van der Waals surface area contributed by atoms with Gasteiger partial charge in [0.2, 0.25) is 0 Å². The Balaban J connectivity index is 2.09. The zero-order valence-corrected chi connectivity index (χ0v) is 15.4. The molecular weight excluding hydrogens is 461 g/mol. The van der Waals surface area contributed by atoms with Gasteiger partial charge in [0.05, 0.1) is 6.21 Å². The van der Waals surface area contributed by atoms with Gasteiger partial charge in [-0.3, -0.25) is 0 Å². The van der Waals surface area contributed by atoms with Gasteiger partial charge in [0.25, 0.3) is 0 Å². The van der Waals surface area contributed by atoms with Crippen molar-refractivity contribution in [2.45, 2.75) is 24.8 Å². The van der Waals surface area contributed by atoms with E-state index >= 15 is 0 Å². The summed E-state index contributed by atoms with van der Waals surface area (Å²) in [6.07, 6.45) is -5.78. The Bertz CT molecular complexity index is 823. The highest BCUT2D eigenvalue weighted by atomic mass is 79.9. The number of hydrogen-bond donors (Lipinski definition) is 1. The van der Waals surface area contributed by atoms with E-state index in [0.717, 1.165) is 10.0 Å². The first kappa shape index (κ1) is 22.0. The van der Waals surface area contributed by atoms with Gasteiger partial charge in [-0.2, -0.15) is 35.8 Å². The third-order valence-electron chi connectivity index (χ3n) is 3.39. The largest absolute Gasteiger partial charge is 0.488 e. The molecule has 0 aliphatic heterocycles. The molecule has 0 heterocycles. The second-order valence-electron chi connectivity index (χ2n) is 5.47. The molecule has 3 nitrogen and oxygen atoms in total. The summed E-state index contributed by atoms with van der Waals surface area (Å²) in [6, 6.07) is 7.33. The van der Waals surface area contributed by atoms with E-state index < -0.39 is 18.1 Å². The van der Waals surface area contributed by atoms with Crippen molar-refractivity contribution < 1.29 is 35.5 Å². The number of hydrogen-bond acceptors (Lipinski definition) is 3. The minimum atomic E-state index is -6.44. The van der Waals surface area contributed by atoms with E-state index in [0.29, 0.717) is 11.6 Å². The molecule has 28 heavy (non-hydrogen) atoms. The van der Waals surface area contributed by atoms with E-state index in [-0.39, 0.29) is 17.9 Å². The third kappa shape index (κ3) is 5.15. The average Bonchev–Trinajstić information content (AvgIpc) is 2.61. The molecule has 11 heteroatoms. The lowest BCUT2D eigenvalue weighted by Crippen LogP contribution is -2.58. The summed E-state index contributed by atoms with van der Waals surface area (Å²) in [5.41, 5.74) is 1.44. The van der Waals surface area contributed by atoms with Crippen molar-refractivity contribution in [2.75, 3.05) is 0 Å². The second kappa shape index (κ2) is 8.38. The van der Waals surface area contributed by atoms with Crippen LogP contribution in [0.5, 0.6) is 5.75 Å². The molecule has 0 fully saturated rings. The van der Waals surface area contributed by atoms with E-state index in [1.165, 1.54) is 18.2 Å². The van der Waals surface area contributed by atoms with Gasteiger partial charge >= 0.3 is 18.1 Å². The first-order chi connectivity index (χ1) is 12.9. The lowest BCUT2D eigenvalue weighted by atomic mass is 10.2. The number of halogens is 8. The fourth-order valence-electron chi connectivity index (χ4n) is 1.89. The molecule has 0 amide bonds. The van der Waals surface area contributed by atoms with Gasteiger partial charge in [0.1, 0.15) is 12.4 Å². The normalized spacial score (nSPS) is 13.0. The summed E-state index contributed by atoms with van der Waals surface area (Å²) in [5, 5.41) is 2.83. The lowest BCUT2D eigenvalue weighted by molar-refractivity contribution is -0.361. The molecule has 0 radical (unpaired) electrons. The van der Waals surface area contributed by atoms with Crippen LogP contribution in [0, 0.1) is 0 Å². The van der Waals surface area contributed by atoms with Crippen LogP contribution in [-0.2, 0) is 6.61 Å². The van der Waals surface area contributed by atoms with Gasteiger partial charge < -0.3 is 4.74 Å². The van der Waals surface area contributed by atoms with Crippen molar-refractivity contribution in [3.05, 3.63) is 64.1 Å². The predicted octanol–water partition coefficient (Wildman–Crippen LogP) is 5.74. The Morgan fingerprint density at radius 3 is 2.14 bits per heavy atom. The Morgan fingerprint density at radius 1 is 0.929 bits per heavy atom. The molecular formula is C17H12BrF7N2O. The zero-order chi connectivity index (χ0) is 21.0. The number of nitrogens with one attached hydrogen (secondary N) is 1. The molecule has 2 aromatic carbocycles. The van der Waals surface area contributed by atoms with E-state index in [4.69, 9.17) is 4.74 Å². The highest BCUT2D eigenvalue weighted by Gasteiger charge is 2.73. The molecule has 0 aromatic heterocycles. The van der Waals surface area contributed by atoms with Gasteiger partial charge in [-0.15, -0.1) is 0 Å². The molecule has 152 valence electrons. The number of alkyl halides is 7. The molecule has 2 rings (SSSR count). The van der Waals surface area contributed by atoms with Gasteiger partial charge in [-0.1, -0.05) is 40.2 Å². The Hall–Kier alpha value is -2.30. The Labute approximate surface area is 163 Å². The topological polar surface area (TPSA) is 33.6 Å². The standard InChI is InChI=1S/C17H12BrF7N2O/c18-13-7-5-11(6-8-13)10-28-14-4-2-1-3-12(14)9-26-27-17(24,25)15(19,20)16(21,22)23/h1-9,27H,10H2/b26-9+. The SMILES string of the molecule is FC(F)(F)C(F)(F)C(F)(F)N/N=C/c1ccccc1OCc1ccc(Br)cc1. The summed E-state index contributed by atoms with van der Waals surface area (Å²) in [4.78, 5) is 0. The summed E-state index contributed by atoms with van der Waals surface area (Å²) >= 11 is 3.27. The van der Waals surface area contributed by atoms with Gasteiger partial charge in [0, 0.05) is 10.0 Å². The molecule has 2 aromatic rings. The number of hydrazone groups is 1. The van der Waals surface area contributed by atoms with Gasteiger partial charge in [-0.05, 0) is 29.8 Å². The van der Waals surface area contributed by atoms with E-state index in [1.54, 1.807) is 30.3 Å². The number of benzene rings is 2. The summed E-state index contributed by atoms with van der Waals surface area (Å²) in [7, 11) is 0. The molecule has 0 saturated carbocycles. The van der Waals surface area contributed by atoms with Crippen LogP contribution in [-0.4, -0.2) is 24.4 Å². The van der Waals surface area contributed by atoms with Crippen molar-refractivity contribution in [3.8, 4) is 5.75 Å². The van der Waals surface area contributed by atoms with E-state index in [2.05, 4.69) is 21.0 Å². The minimum absolute atomic E-state index is 0.0956. The van der Waals surface area contributed by atoms with E-state index in [1.807, 2.05) is 0 Å². The maximum Gasteiger partial charge on any atom is 0.462 e. The number of rotatable bonds is 7. The van der Waals surface area contributed by atoms with Crippen LogP contribution in [0.4, 0.5) is 30.7 Å². The monoisotopic (exact) mass is 472 g/mol. The van der Waals surface area contributed by atoms with Crippen molar-refractivity contribution in [2.24, 2.45) is 5.10 Å². The zero-order valence-electron chi connectivity index (χ0n) is 13.8. The molecule has 0 aliphatic carbocycles. The molecule has 0 aliphatic rings. The summed E-state index contributed by atoms with van der Waals surface area (Å²) in [6.45, 7) is 0.105. The molecule has 1 N–H and O–H groups in total. The molecule has 0 unspecified atom stereocenters. The molecule has 0 atom stereocenters. The minimum Gasteiger partial charge on any atom is -0.488 e. The smallest absolute Gasteiger partial charge is 0.462 e. The molecule has 0 bridgehead atoms. The van der Waals surface area contributed by atoms with Crippen LogP contribution in [0.25, 0.3) is 0 Å². The van der Waals surface area contributed by atoms with Crippen molar-refractivity contribution in [1.29, 1.82) is 0 Å². The van der Waals surface area contributed by atoms with E-state index in [9.17, 15) is 30.7 Å². The Kier molecular flexibility index (Phi) is 6.58. The van der Waals surface area contributed by atoms with Crippen molar-refractivity contribution in [3.63, 3.8) is 0 Å². The van der Waals surface area contributed by atoms with Gasteiger partial charge in [-0.25, -0.2) is 5.43 Å². The predicted molar refractivity (Wildman–Crippen MR) is 91.6 cm³/mol. The highest BCUT2D eigenvalue weighted by Crippen LogP contribution is 2.45. The van der Waals surface area contributed by atoms with Crippen LogP contribution in [0.3, 0.4) is 0 Å². The highest BCUT2D eigenvalue weighted by molar-refractivity contribution is 9.10. The van der Waals surface area contributed by atoms with Crippen LogP contribution < -0.4 is 10.2 Å². The number of ether oxygens (including phenoxy) is 1. The summed E-state index contributed by atoms with van der Waals surface area (Å²) < 4.78 is 94.6. The first-order valence-electron chi connectivity index (χ1n) is 7.53. The Morgan fingerprint density at radius 2 is 1.54 bits per heavy atom. The van der Waals surface area contributed by atoms with Crippen molar-refractivity contribution in [1.82, 2.24) is 5.43 Å². The van der Waals surface area contributed by atoms with Crippen LogP contribution in [0.15, 0.2) is 58.1 Å². The molecule has 0 spiro atoms. The quantitative estimate of drug-likeness (QED) is 0.241. The third-order valence-corrected chi connectivity index (χ3v) is 3.91. The van der Waals surface area contributed by atoms with Crippen molar-refractivity contribution >= 4 is 22.1 Å². The maximum atomic E-state index is 13.2. The maximum absolute atomic E-state index is 13.2. The fourth-order valence-corrected chi connectivity index (χ4v) is 2.16. The summed E-state index contributed by atoms with van der Waals surface area (Å²) in [5.74, 6) is -6.13. The average molecular weight is 473 g/mol. The molecule has 0 saturated heterocycles. The number of para-hydroxylation sites is 1.